The minimum absolute atomic E-state index is 0.0381. The molecule has 2 heterocycles. The summed E-state index contributed by atoms with van der Waals surface area (Å²) < 4.78 is 29.6. The maximum atomic E-state index is 12.5. The van der Waals surface area contributed by atoms with Gasteiger partial charge in [0.2, 0.25) is 4.34 Å². The third-order valence-corrected chi connectivity index (χ3v) is 7.42. The Balaban J connectivity index is 1.85. The third-order valence-electron chi connectivity index (χ3n) is 3.30. The Kier molecular flexibility index (Phi) is 6.12. The molecule has 0 aliphatic rings. The highest BCUT2D eigenvalue weighted by molar-refractivity contribution is 7.93. The zero-order valence-electron chi connectivity index (χ0n) is 14.7. The van der Waals surface area contributed by atoms with Crippen molar-refractivity contribution in [2.24, 2.45) is 0 Å². The van der Waals surface area contributed by atoms with Crippen molar-refractivity contribution in [2.45, 2.75) is 16.3 Å². The van der Waals surface area contributed by atoms with Gasteiger partial charge in [-0.25, -0.2) is 18.4 Å². The molecule has 0 aliphatic heterocycles. The molecule has 156 valence electrons. The average molecular weight is 489 g/mol. The number of halogens is 1. The number of carbonyl (C=O) groups excluding carboxylic acids is 2. The molecule has 30 heavy (non-hydrogen) atoms. The number of nitrogens with zero attached hydrogens (tertiary/aromatic N) is 3. The number of sulfone groups is 1. The molecule has 0 atom stereocenters. The lowest BCUT2D eigenvalue weighted by Crippen LogP contribution is -2.15. The van der Waals surface area contributed by atoms with Crippen LogP contribution in [0.3, 0.4) is 0 Å². The van der Waals surface area contributed by atoms with Crippen LogP contribution < -0.4 is 10.1 Å². The molecule has 0 unspecified atom stereocenters. The molecular weight excluding hydrogens is 480 g/mol. The molecule has 3 aromatic rings. The van der Waals surface area contributed by atoms with Gasteiger partial charge in [-0.3, -0.25) is 25.0 Å². The molecule has 2 aromatic heterocycles. The molecule has 0 aliphatic carbocycles. The van der Waals surface area contributed by atoms with Crippen LogP contribution in [0, 0.1) is 10.1 Å². The van der Waals surface area contributed by atoms with Crippen LogP contribution in [-0.4, -0.2) is 35.2 Å². The lowest BCUT2D eigenvalue weighted by molar-refractivity contribution is -0.380. The number of esters is 1. The fourth-order valence-corrected chi connectivity index (χ4v) is 5.52. The summed E-state index contributed by atoms with van der Waals surface area (Å²) in [6.45, 7) is 1.16. The Labute approximate surface area is 181 Å². The number of aromatic nitrogens is 2. The van der Waals surface area contributed by atoms with E-state index in [1.165, 1.54) is 18.2 Å². The highest BCUT2D eigenvalue weighted by Crippen LogP contribution is 2.31. The number of benzene rings is 1. The van der Waals surface area contributed by atoms with Crippen LogP contribution in [0.15, 0.2) is 39.1 Å². The average Bonchev–Trinajstić information content (AvgIpc) is 3.33. The van der Waals surface area contributed by atoms with E-state index in [0.29, 0.717) is 11.3 Å². The number of hydrogen-bond donors (Lipinski definition) is 1. The second-order valence-corrected chi connectivity index (χ2v) is 9.78. The zero-order valence-corrected chi connectivity index (χ0v) is 17.9. The smallest absolute Gasteiger partial charge is 0.344 e. The Bertz CT molecular complexity index is 1270. The summed E-state index contributed by atoms with van der Waals surface area (Å²) in [7, 11) is -4.20. The quantitative estimate of drug-likeness (QED) is 0.238. The molecular formula is C15H9ClN4O7S3. The molecule has 0 spiro atoms. The SMILES string of the molecule is CC(=O)Oc1ccc(Cl)cc1C(=O)Nc1nc(S(=O)(=O)c2ncc([N+](=O)[O-])s2)cs1. The maximum Gasteiger partial charge on any atom is 0.344 e. The topological polar surface area (TPSA) is 158 Å². The summed E-state index contributed by atoms with van der Waals surface area (Å²) in [6, 6.07) is 4.04. The van der Waals surface area contributed by atoms with Crippen LogP contribution in [0.4, 0.5) is 10.1 Å². The first-order valence-electron chi connectivity index (χ1n) is 7.68. The maximum absolute atomic E-state index is 12.5. The highest BCUT2D eigenvalue weighted by atomic mass is 35.5. The summed E-state index contributed by atoms with van der Waals surface area (Å²) in [5, 5.41) is 13.6. The first-order valence-corrected chi connectivity index (χ1v) is 11.2. The molecule has 0 fully saturated rings. The number of ether oxygens (including phenoxy) is 1. The highest BCUT2D eigenvalue weighted by Gasteiger charge is 2.28. The molecule has 11 nitrogen and oxygen atoms in total. The molecule has 0 radical (unpaired) electrons. The largest absolute Gasteiger partial charge is 0.426 e. The first-order chi connectivity index (χ1) is 14.1. The lowest BCUT2D eigenvalue weighted by atomic mass is 10.2. The van der Waals surface area contributed by atoms with Gasteiger partial charge >= 0.3 is 11.0 Å². The number of hydrogen-bond acceptors (Lipinski definition) is 11. The molecule has 0 saturated carbocycles. The van der Waals surface area contributed by atoms with Gasteiger partial charge in [0.05, 0.1) is 10.5 Å². The van der Waals surface area contributed by atoms with Crippen molar-refractivity contribution in [3.8, 4) is 5.75 Å². The summed E-state index contributed by atoms with van der Waals surface area (Å²) in [6.07, 6.45) is 0.836. The van der Waals surface area contributed by atoms with Crippen LogP contribution in [0.1, 0.15) is 17.3 Å². The van der Waals surface area contributed by atoms with Gasteiger partial charge in [0, 0.05) is 17.3 Å². The summed E-state index contributed by atoms with van der Waals surface area (Å²) in [5.74, 6) is -1.42. The first kappa shape index (κ1) is 21.8. The fraction of sp³-hybridized carbons (Fsp3) is 0.0667. The zero-order chi connectivity index (χ0) is 22.1. The summed E-state index contributed by atoms with van der Waals surface area (Å²) >= 11 is 7.09. The predicted molar refractivity (Wildman–Crippen MR) is 107 cm³/mol. The second-order valence-electron chi connectivity index (χ2n) is 5.40. The molecule has 1 amide bonds. The predicted octanol–water partition coefficient (Wildman–Crippen LogP) is 3.17. The molecule has 1 N–H and O–H groups in total. The Morgan fingerprint density at radius 2 is 2.07 bits per heavy atom. The number of anilines is 1. The molecule has 3 rings (SSSR count). The summed E-state index contributed by atoms with van der Waals surface area (Å²) in [5.41, 5.74) is -0.0622. The normalized spacial score (nSPS) is 11.1. The van der Waals surface area contributed by atoms with Crippen molar-refractivity contribution >= 4 is 66.1 Å². The van der Waals surface area contributed by atoms with Gasteiger partial charge in [0.1, 0.15) is 11.9 Å². The fourth-order valence-electron chi connectivity index (χ4n) is 2.08. The Morgan fingerprint density at radius 1 is 1.33 bits per heavy atom. The number of amides is 1. The minimum Gasteiger partial charge on any atom is -0.426 e. The van der Waals surface area contributed by atoms with Crippen LogP contribution in [-0.2, 0) is 14.6 Å². The van der Waals surface area contributed by atoms with E-state index >= 15 is 0 Å². The van der Waals surface area contributed by atoms with Gasteiger partial charge in [-0.1, -0.05) is 11.6 Å². The van der Waals surface area contributed by atoms with Crippen molar-refractivity contribution in [3.63, 3.8) is 0 Å². The van der Waals surface area contributed by atoms with E-state index in [-0.39, 0.29) is 21.5 Å². The van der Waals surface area contributed by atoms with E-state index in [2.05, 4.69) is 15.3 Å². The van der Waals surface area contributed by atoms with Gasteiger partial charge in [-0.2, -0.15) is 0 Å². The van der Waals surface area contributed by atoms with Crippen molar-refractivity contribution in [1.29, 1.82) is 0 Å². The monoisotopic (exact) mass is 488 g/mol. The Hall–Kier alpha value is -2.94. The van der Waals surface area contributed by atoms with Crippen molar-refractivity contribution in [3.05, 3.63) is 50.5 Å². The van der Waals surface area contributed by atoms with Gasteiger partial charge < -0.3 is 4.74 Å². The number of carbonyl (C=O) groups is 2. The van der Waals surface area contributed by atoms with E-state index in [0.717, 1.165) is 29.8 Å². The van der Waals surface area contributed by atoms with Crippen LogP contribution in [0.5, 0.6) is 5.75 Å². The van der Waals surface area contributed by atoms with E-state index in [1.807, 2.05) is 0 Å². The van der Waals surface area contributed by atoms with Gasteiger partial charge in [0.25, 0.3) is 15.7 Å². The molecule has 15 heteroatoms. The van der Waals surface area contributed by atoms with E-state index in [9.17, 15) is 28.1 Å². The van der Waals surface area contributed by atoms with Gasteiger partial charge in [0.15, 0.2) is 10.2 Å². The van der Waals surface area contributed by atoms with E-state index < -0.39 is 41.0 Å². The standard InChI is InChI=1S/C15H9ClN4O7S3/c1-7(21)27-10-3-2-8(16)4-9(10)13(22)19-14-18-11(6-28-14)30(25,26)15-17-5-12(29-15)20(23)24/h2-6H,1H3,(H,18,19,22). The van der Waals surface area contributed by atoms with Crippen molar-refractivity contribution < 1.29 is 27.7 Å². The minimum atomic E-state index is -4.20. The second kappa shape index (κ2) is 8.43. The molecule has 1 aromatic carbocycles. The van der Waals surface area contributed by atoms with E-state index in [1.54, 1.807) is 0 Å². The third kappa shape index (κ3) is 4.62. The van der Waals surface area contributed by atoms with Gasteiger partial charge in [-0.15, -0.1) is 11.3 Å². The summed E-state index contributed by atoms with van der Waals surface area (Å²) in [4.78, 5) is 41.1. The lowest BCUT2D eigenvalue weighted by Gasteiger charge is -2.08. The van der Waals surface area contributed by atoms with Crippen molar-refractivity contribution in [1.82, 2.24) is 9.97 Å². The number of nitro groups is 1. The number of rotatable bonds is 6. The van der Waals surface area contributed by atoms with Crippen LogP contribution >= 0.6 is 34.3 Å². The van der Waals surface area contributed by atoms with E-state index in [4.69, 9.17) is 16.3 Å². The molecule has 0 saturated heterocycles. The van der Waals surface area contributed by atoms with Crippen LogP contribution in [0.25, 0.3) is 0 Å². The molecule has 0 bridgehead atoms. The Morgan fingerprint density at radius 3 is 2.70 bits per heavy atom. The van der Waals surface area contributed by atoms with Gasteiger partial charge in [-0.05, 0) is 29.5 Å². The number of thiazole rings is 2. The number of nitrogens with one attached hydrogen (secondary N) is 1. The van der Waals surface area contributed by atoms with Crippen molar-refractivity contribution in [2.75, 3.05) is 5.32 Å². The van der Waals surface area contributed by atoms with Crippen LogP contribution in [0.2, 0.25) is 5.02 Å².